The minimum absolute atomic E-state index is 0.0415. The fourth-order valence-electron chi connectivity index (χ4n) is 2.20. The first-order valence-corrected chi connectivity index (χ1v) is 7.29. The van der Waals surface area contributed by atoms with Crippen LogP contribution in [0.1, 0.15) is 30.6 Å². The van der Waals surface area contributed by atoms with Gasteiger partial charge in [-0.05, 0) is 31.5 Å². The SMILES string of the molecule is CCC(C)N(CCOC)c1ccc(C(=O)N(C)C)cc1N. The van der Waals surface area contributed by atoms with Crippen LogP contribution in [0.15, 0.2) is 18.2 Å². The summed E-state index contributed by atoms with van der Waals surface area (Å²) in [6.07, 6.45) is 1.02. The molecule has 1 atom stereocenters. The standard InChI is InChI=1S/C16H27N3O2/c1-6-12(2)19(9-10-21-5)15-8-7-13(11-14(15)17)16(20)18(3)4/h7-8,11-12H,6,9-10,17H2,1-5H3. The van der Waals surface area contributed by atoms with Crippen LogP contribution in [0.5, 0.6) is 0 Å². The van der Waals surface area contributed by atoms with Crippen molar-refractivity contribution < 1.29 is 9.53 Å². The van der Waals surface area contributed by atoms with E-state index in [-0.39, 0.29) is 5.91 Å². The molecule has 0 saturated heterocycles. The third kappa shape index (κ3) is 4.36. The third-order valence-corrected chi connectivity index (χ3v) is 3.65. The number of amides is 1. The van der Waals surface area contributed by atoms with E-state index >= 15 is 0 Å². The summed E-state index contributed by atoms with van der Waals surface area (Å²) in [4.78, 5) is 15.7. The zero-order chi connectivity index (χ0) is 16.0. The molecule has 1 aromatic rings. The Labute approximate surface area is 127 Å². The zero-order valence-electron chi connectivity index (χ0n) is 13.7. The largest absolute Gasteiger partial charge is 0.397 e. The number of hydrogen-bond donors (Lipinski definition) is 1. The number of benzene rings is 1. The Bertz CT molecular complexity index is 475. The van der Waals surface area contributed by atoms with Crippen LogP contribution in [-0.2, 0) is 4.74 Å². The van der Waals surface area contributed by atoms with Gasteiger partial charge in [-0.25, -0.2) is 0 Å². The molecule has 118 valence electrons. The average Bonchev–Trinajstić information content (AvgIpc) is 2.47. The second-order valence-corrected chi connectivity index (χ2v) is 5.42. The number of anilines is 2. The normalized spacial score (nSPS) is 12.0. The van der Waals surface area contributed by atoms with Gasteiger partial charge in [-0.15, -0.1) is 0 Å². The molecule has 0 heterocycles. The molecule has 5 heteroatoms. The van der Waals surface area contributed by atoms with Crippen LogP contribution in [0.4, 0.5) is 11.4 Å². The van der Waals surface area contributed by atoms with Gasteiger partial charge < -0.3 is 20.3 Å². The minimum atomic E-state index is -0.0415. The van der Waals surface area contributed by atoms with Gasteiger partial charge in [0, 0.05) is 39.4 Å². The van der Waals surface area contributed by atoms with Crippen molar-refractivity contribution in [2.45, 2.75) is 26.3 Å². The second-order valence-electron chi connectivity index (χ2n) is 5.42. The van der Waals surface area contributed by atoms with Crippen LogP contribution in [0.3, 0.4) is 0 Å². The molecule has 0 saturated carbocycles. The predicted octanol–water partition coefficient (Wildman–Crippen LogP) is 2.22. The Hall–Kier alpha value is -1.75. The van der Waals surface area contributed by atoms with Crippen LogP contribution >= 0.6 is 0 Å². The summed E-state index contributed by atoms with van der Waals surface area (Å²) in [6.45, 7) is 5.72. The van der Waals surface area contributed by atoms with Gasteiger partial charge in [0.15, 0.2) is 0 Å². The Kier molecular flexibility index (Phi) is 6.49. The van der Waals surface area contributed by atoms with Gasteiger partial charge in [0.05, 0.1) is 18.0 Å². The van der Waals surface area contributed by atoms with Crippen LogP contribution in [0, 0.1) is 0 Å². The number of carbonyl (C=O) groups is 1. The molecule has 0 aliphatic carbocycles. The van der Waals surface area contributed by atoms with E-state index in [1.807, 2.05) is 12.1 Å². The smallest absolute Gasteiger partial charge is 0.253 e. The van der Waals surface area contributed by atoms with Crippen molar-refractivity contribution in [2.24, 2.45) is 0 Å². The van der Waals surface area contributed by atoms with Crippen LogP contribution in [0.2, 0.25) is 0 Å². The molecule has 5 nitrogen and oxygen atoms in total. The van der Waals surface area contributed by atoms with Crippen molar-refractivity contribution in [1.29, 1.82) is 0 Å². The summed E-state index contributed by atoms with van der Waals surface area (Å²) in [6, 6.07) is 5.86. The fourth-order valence-corrected chi connectivity index (χ4v) is 2.20. The topological polar surface area (TPSA) is 58.8 Å². The lowest BCUT2D eigenvalue weighted by Gasteiger charge is -2.31. The van der Waals surface area contributed by atoms with Gasteiger partial charge in [0.25, 0.3) is 5.91 Å². The molecule has 2 N–H and O–H groups in total. The molecular formula is C16H27N3O2. The van der Waals surface area contributed by atoms with Gasteiger partial charge in [-0.1, -0.05) is 6.92 Å². The first kappa shape index (κ1) is 17.3. The molecule has 0 fully saturated rings. The summed E-state index contributed by atoms with van der Waals surface area (Å²) in [5.41, 5.74) is 8.36. The van der Waals surface area contributed by atoms with E-state index in [0.29, 0.717) is 23.9 Å². The maximum Gasteiger partial charge on any atom is 0.253 e. The highest BCUT2D eigenvalue weighted by Gasteiger charge is 2.17. The van der Waals surface area contributed by atoms with Crippen molar-refractivity contribution in [3.63, 3.8) is 0 Å². The summed E-state index contributed by atoms with van der Waals surface area (Å²) < 4.78 is 5.18. The summed E-state index contributed by atoms with van der Waals surface area (Å²) >= 11 is 0. The van der Waals surface area contributed by atoms with Gasteiger partial charge in [-0.2, -0.15) is 0 Å². The summed E-state index contributed by atoms with van der Waals surface area (Å²) in [5.74, 6) is -0.0415. The number of hydrogen-bond acceptors (Lipinski definition) is 4. The van der Waals surface area contributed by atoms with Crippen LogP contribution in [-0.4, -0.2) is 51.2 Å². The number of rotatable bonds is 7. The molecule has 0 spiro atoms. The van der Waals surface area contributed by atoms with Gasteiger partial charge in [0.1, 0.15) is 0 Å². The van der Waals surface area contributed by atoms with E-state index < -0.39 is 0 Å². The zero-order valence-corrected chi connectivity index (χ0v) is 13.7. The fraction of sp³-hybridized carbons (Fsp3) is 0.562. The molecule has 21 heavy (non-hydrogen) atoms. The molecule has 1 amide bonds. The highest BCUT2D eigenvalue weighted by atomic mass is 16.5. The third-order valence-electron chi connectivity index (χ3n) is 3.65. The highest BCUT2D eigenvalue weighted by Crippen LogP contribution is 2.27. The molecule has 1 unspecified atom stereocenters. The highest BCUT2D eigenvalue weighted by molar-refractivity contribution is 5.95. The van der Waals surface area contributed by atoms with E-state index in [4.69, 9.17) is 10.5 Å². The first-order valence-electron chi connectivity index (χ1n) is 7.29. The maximum absolute atomic E-state index is 12.0. The number of carbonyl (C=O) groups excluding carboxylic acids is 1. The molecule has 0 aromatic heterocycles. The Balaban J connectivity index is 3.07. The lowest BCUT2D eigenvalue weighted by molar-refractivity contribution is 0.0827. The summed E-state index contributed by atoms with van der Waals surface area (Å²) in [7, 11) is 5.16. The number of nitrogen functional groups attached to an aromatic ring is 1. The van der Waals surface area contributed by atoms with Crippen molar-refractivity contribution in [3.8, 4) is 0 Å². The Morgan fingerprint density at radius 2 is 2.05 bits per heavy atom. The lowest BCUT2D eigenvalue weighted by atomic mass is 10.1. The van der Waals surface area contributed by atoms with Gasteiger partial charge in [-0.3, -0.25) is 4.79 Å². The van der Waals surface area contributed by atoms with Crippen LogP contribution in [0.25, 0.3) is 0 Å². The monoisotopic (exact) mass is 293 g/mol. The molecule has 0 radical (unpaired) electrons. The van der Waals surface area contributed by atoms with Crippen molar-refractivity contribution >= 4 is 17.3 Å². The van der Waals surface area contributed by atoms with E-state index in [1.165, 1.54) is 0 Å². The van der Waals surface area contributed by atoms with E-state index in [1.54, 1.807) is 32.2 Å². The quantitative estimate of drug-likeness (QED) is 0.783. The van der Waals surface area contributed by atoms with Crippen molar-refractivity contribution in [3.05, 3.63) is 23.8 Å². The number of ether oxygens (including phenoxy) is 1. The van der Waals surface area contributed by atoms with E-state index in [9.17, 15) is 4.79 Å². The number of methoxy groups -OCH3 is 1. The van der Waals surface area contributed by atoms with Gasteiger partial charge in [0.2, 0.25) is 0 Å². The molecule has 1 aromatic carbocycles. The molecular weight excluding hydrogens is 266 g/mol. The van der Waals surface area contributed by atoms with Crippen molar-refractivity contribution in [2.75, 3.05) is 45.0 Å². The average molecular weight is 293 g/mol. The number of nitrogens with two attached hydrogens (primary N) is 1. The van der Waals surface area contributed by atoms with E-state index in [2.05, 4.69) is 18.7 Å². The summed E-state index contributed by atoms with van der Waals surface area (Å²) in [5, 5.41) is 0. The molecule has 0 aliphatic heterocycles. The Morgan fingerprint density at radius 3 is 2.52 bits per heavy atom. The predicted molar refractivity (Wildman–Crippen MR) is 87.8 cm³/mol. The lowest BCUT2D eigenvalue weighted by Crippen LogP contribution is -2.36. The molecule has 1 rings (SSSR count). The Morgan fingerprint density at radius 1 is 1.38 bits per heavy atom. The molecule has 0 aliphatic rings. The van der Waals surface area contributed by atoms with Crippen molar-refractivity contribution in [1.82, 2.24) is 4.90 Å². The second kappa shape index (κ2) is 7.88. The molecule has 0 bridgehead atoms. The first-order chi connectivity index (χ1) is 9.92. The van der Waals surface area contributed by atoms with Crippen LogP contribution < -0.4 is 10.6 Å². The van der Waals surface area contributed by atoms with E-state index in [0.717, 1.165) is 18.7 Å². The minimum Gasteiger partial charge on any atom is -0.397 e. The van der Waals surface area contributed by atoms with Gasteiger partial charge >= 0.3 is 0 Å². The maximum atomic E-state index is 12.0. The number of nitrogens with zero attached hydrogens (tertiary/aromatic N) is 2.